The zero-order valence-electron chi connectivity index (χ0n) is 23.4. The molecule has 0 atom stereocenters. The molecular formula is C30H30FN7O3. The van der Waals surface area contributed by atoms with Gasteiger partial charge >= 0.3 is 6.03 Å². The van der Waals surface area contributed by atoms with Crippen molar-refractivity contribution in [3.63, 3.8) is 0 Å². The number of para-hydroxylation sites is 1. The molecule has 0 radical (unpaired) electrons. The quantitative estimate of drug-likeness (QED) is 0.255. The van der Waals surface area contributed by atoms with Gasteiger partial charge in [-0.3, -0.25) is 14.7 Å². The van der Waals surface area contributed by atoms with Crippen molar-refractivity contribution in [1.82, 2.24) is 19.7 Å². The van der Waals surface area contributed by atoms with E-state index in [0.29, 0.717) is 40.3 Å². The third-order valence-corrected chi connectivity index (χ3v) is 6.60. The Hall–Kier alpha value is -5.06. The molecule has 0 bridgehead atoms. The highest BCUT2D eigenvalue weighted by Gasteiger charge is 2.20. The first-order chi connectivity index (χ1) is 19.5. The molecule has 5 rings (SSSR count). The Morgan fingerprint density at radius 3 is 2.51 bits per heavy atom. The summed E-state index contributed by atoms with van der Waals surface area (Å²) in [4.78, 5) is 37.2. The molecule has 0 spiro atoms. The smallest absolute Gasteiger partial charge is 0.326 e. The van der Waals surface area contributed by atoms with Gasteiger partial charge in [0.05, 0.1) is 11.4 Å². The number of nitrogens with one attached hydrogen (secondary N) is 2. The van der Waals surface area contributed by atoms with E-state index < -0.39 is 11.8 Å². The zero-order chi connectivity index (χ0) is 29.3. The van der Waals surface area contributed by atoms with Crippen LogP contribution in [-0.4, -0.2) is 32.3 Å². The molecule has 5 aromatic rings. The minimum atomic E-state index is -0.719. The highest BCUT2D eigenvalue weighted by Crippen LogP contribution is 2.28. The first kappa shape index (κ1) is 27.5. The lowest BCUT2D eigenvalue weighted by Gasteiger charge is -2.21. The fourth-order valence-electron chi connectivity index (χ4n) is 4.36. The second kappa shape index (κ2) is 10.8. The lowest BCUT2D eigenvalue weighted by atomic mass is 9.92. The van der Waals surface area contributed by atoms with Gasteiger partial charge in [0.2, 0.25) is 11.8 Å². The number of benzene rings is 2. The summed E-state index contributed by atoms with van der Waals surface area (Å²) >= 11 is 0. The second-order valence-electron chi connectivity index (χ2n) is 10.6. The van der Waals surface area contributed by atoms with Gasteiger partial charge in [-0.1, -0.05) is 50.2 Å². The van der Waals surface area contributed by atoms with Crippen LogP contribution in [0, 0.1) is 5.82 Å². The van der Waals surface area contributed by atoms with Gasteiger partial charge in [0.25, 0.3) is 5.56 Å². The van der Waals surface area contributed by atoms with E-state index in [0.717, 1.165) is 5.69 Å². The number of halogens is 1. The molecule has 2 N–H and O–H groups in total. The molecule has 210 valence electrons. The molecule has 2 aromatic carbocycles. The number of anilines is 4. The van der Waals surface area contributed by atoms with E-state index in [9.17, 15) is 14.0 Å². The van der Waals surface area contributed by atoms with E-state index in [-0.39, 0.29) is 22.5 Å². The summed E-state index contributed by atoms with van der Waals surface area (Å²) in [6, 6.07) is 16.4. The van der Waals surface area contributed by atoms with Crippen molar-refractivity contribution >= 4 is 40.3 Å². The number of hydrogen-bond donors (Lipinski definition) is 2. The van der Waals surface area contributed by atoms with Crippen LogP contribution in [0.3, 0.4) is 0 Å². The topological polar surface area (TPSA) is 118 Å². The van der Waals surface area contributed by atoms with Crippen LogP contribution in [0.4, 0.5) is 32.4 Å². The largest absolute Gasteiger partial charge is 0.338 e. The first-order valence-electron chi connectivity index (χ1n) is 13.1. The van der Waals surface area contributed by atoms with Gasteiger partial charge in [-0.15, -0.1) is 0 Å². The molecular weight excluding hydrogens is 525 g/mol. The summed E-state index contributed by atoms with van der Waals surface area (Å²) < 4.78 is 21.3. The van der Waals surface area contributed by atoms with Crippen LogP contribution in [0.25, 0.3) is 22.2 Å². The molecule has 0 saturated carbocycles. The highest BCUT2D eigenvalue weighted by molar-refractivity contribution is 5.99. The Morgan fingerprint density at radius 1 is 1.07 bits per heavy atom. The molecule has 0 aliphatic heterocycles. The van der Waals surface area contributed by atoms with Gasteiger partial charge < -0.3 is 14.7 Å². The number of carbonyl (C=O) groups is 1. The third kappa shape index (κ3) is 5.65. The van der Waals surface area contributed by atoms with Crippen LogP contribution in [0.2, 0.25) is 0 Å². The van der Waals surface area contributed by atoms with Crippen LogP contribution >= 0.6 is 0 Å². The molecule has 3 heterocycles. The van der Waals surface area contributed by atoms with E-state index in [2.05, 4.69) is 25.8 Å². The van der Waals surface area contributed by atoms with E-state index in [4.69, 9.17) is 4.52 Å². The maximum Gasteiger partial charge on any atom is 0.326 e. The SMILES string of the molecule is CCN(c1ccccc1)c1ncc2cc(-c3ccc(F)c(NC(=O)Nc4cc(C(C)(C)C)no4)c3)c(=O)n(C)c2n1. The molecule has 0 fully saturated rings. The van der Waals surface area contributed by atoms with Crippen LogP contribution in [0.1, 0.15) is 33.4 Å². The summed E-state index contributed by atoms with van der Waals surface area (Å²) in [5.41, 5.74) is 2.07. The first-order valence-corrected chi connectivity index (χ1v) is 13.1. The van der Waals surface area contributed by atoms with Crippen molar-refractivity contribution in [2.75, 3.05) is 22.1 Å². The van der Waals surface area contributed by atoms with Crippen LogP contribution in [-0.2, 0) is 12.5 Å². The Labute approximate surface area is 235 Å². The molecule has 41 heavy (non-hydrogen) atoms. The van der Waals surface area contributed by atoms with Gasteiger partial charge in [0, 0.05) is 47.9 Å². The van der Waals surface area contributed by atoms with Crippen LogP contribution in [0.5, 0.6) is 0 Å². The highest BCUT2D eigenvalue weighted by atomic mass is 19.1. The predicted octanol–water partition coefficient (Wildman–Crippen LogP) is 6.22. The van der Waals surface area contributed by atoms with Crippen LogP contribution in [0.15, 0.2) is 76.2 Å². The molecule has 2 amide bonds. The summed E-state index contributed by atoms with van der Waals surface area (Å²) in [6.45, 7) is 8.51. The standard InChI is InChI=1S/C30H30FN7O3/c1-6-38(20-10-8-7-9-11-20)28-32-17-19-14-21(27(39)37(5)26(19)35-28)18-12-13-22(31)23(15-18)33-29(40)34-25-16-24(36-41-25)30(2,3)4/h7-17H,6H2,1-5H3,(H2,33,34,40). The predicted molar refractivity (Wildman–Crippen MR) is 157 cm³/mol. The minimum Gasteiger partial charge on any atom is -0.338 e. The van der Waals surface area contributed by atoms with Gasteiger partial charge in [-0.25, -0.2) is 14.2 Å². The van der Waals surface area contributed by atoms with Crippen molar-refractivity contribution in [2.24, 2.45) is 7.05 Å². The third-order valence-electron chi connectivity index (χ3n) is 6.60. The van der Waals surface area contributed by atoms with E-state index in [1.165, 1.54) is 22.8 Å². The van der Waals surface area contributed by atoms with Crippen molar-refractivity contribution in [1.29, 1.82) is 0 Å². The second-order valence-corrected chi connectivity index (χ2v) is 10.6. The summed E-state index contributed by atoms with van der Waals surface area (Å²) in [7, 11) is 1.63. The van der Waals surface area contributed by atoms with Gasteiger partial charge in [0.1, 0.15) is 11.5 Å². The fraction of sp³-hybridized carbons (Fsp3) is 0.233. The lowest BCUT2D eigenvalue weighted by molar-refractivity contribution is 0.261. The average molecular weight is 556 g/mol. The number of hydrogen-bond acceptors (Lipinski definition) is 7. The maximum atomic E-state index is 14.7. The number of aromatic nitrogens is 4. The fourth-order valence-corrected chi connectivity index (χ4v) is 4.36. The van der Waals surface area contributed by atoms with Crippen molar-refractivity contribution < 1.29 is 13.7 Å². The summed E-state index contributed by atoms with van der Waals surface area (Å²) in [5.74, 6) is -0.0710. The molecule has 3 aromatic heterocycles. The molecule has 0 unspecified atom stereocenters. The van der Waals surface area contributed by atoms with Gasteiger partial charge in [-0.2, -0.15) is 4.98 Å². The lowest BCUT2D eigenvalue weighted by Crippen LogP contribution is -2.23. The zero-order valence-corrected chi connectivity index (χ0v) is 23.4. The number of carbonyl (C=O) groups excluding carboxylic acids is 1. The Morgan fingerprint density at radius 2 is 1.83 bits per heavy atom. The molecule has 0 aliphatic rings. The number of pyridine rings is 1. The van der Waals surface area contributed by atoms with Crippen molar-refractivity contribution in [3.05, 3.63) is 88.7 Å². The molecule has 10 nitrogen and oxygen atoms in total. The number of nitrogens with zero attached hydrogens (tertiary/aromatic N) is 5. The Balaban J connectivity index is 1.44. The molecule has 11 heteroatoms. The summed E-state index contributed by atoms with van der Waals surface area (Å²) in [5, 5.41) is 9.58. The van der Waals surface area contributed by atoms with E-state index in [1.54, 1.807) is 25.4 Å². The Bertz CT molecular complexity index is 1790. The van der Waals surface area contributed by atoms with E-state index >= 15 is 0 Å². The minimum absolute atomic E-state index is 0.106. The van der Waals surface area contributed by atoms with Crippen molar-refractivity contribution in [3.8, 4) is 11.1 Å². The van der Waals surface area contributed by atoms with Gasteiger partial charge in [-0.05, 0) is 42.8 Å². The number of fused-ring (bicyclic) bond motifs is 1. The monoisotopic (exact) mass is 555 g/mol. The maximum absolute atomic E-state index is 14.7. The molecule has 0 saturated heterocycles. The average Bonchev–Trinajstić information content (AvgIpc) is 3.42. The number of rotatable bonds is 6. The number of amides is 2. The van der Waals surface area contributed by atoms with Crippen LogP contribution < -0.4 is 21.1 Å². The van der Waals surface area contributed by atoms with Gasteiger partial charge in [0.15, 0.2) is 0 Å². The summed E-state index contributed by atoms with van der Waals surface area (Å²) in [6.07, 6.45) is 1.66. The Kier molecular flexibility index (Phi) is 7.27. The number of aryl methyl sites for hydroxylation is 1. The number of urea groups is 1. The normalized spacial score (nSPS) is 11.5. The molecule has 0 aliphatic carbocycles. The van der Waals surface area contributed by atoms with Crippen molar-refractivity contribution in [2.45, 2.75) is 33.1 Å². The van der Waals surface area contributed by atoms with E-state index in [1.807, 2.05) is 62.9 Å².